The van der Waals surface area contributed by atoms with Gasteiger partial charge in [-0.25, -0.2) is 4.13 Å². The van der Waals surface area contributed by atoms with Crippen LogP contribution in [0.5, 0.6) is 0 Å². The van der Waals surface area contributed by atoms with Crippen molar-refractivity contribution in [3.63, 3.8) is 0 Å². The Labute approximate surface area is 92.9 Å². The van der Waals surface area contributed by atoms with Crippen LogP contribution < -0.4 is 4.13 Å². The number of nitrogens with zero attached hydrogens (tertiary/aromatic N) is 1. The smallest absolute Gasteiger partial charge is 0.0170 e. The van der Waals surface area contributed by atoms with Crippen LogP contribution in [0.3, 0.4) is 0 Å². The molecule has 0 spiro atoms. The minimum atomic E-state index is -0.747. The third-order valence-electron chi connectivity index (χ3n) is 2.53. The molecular weight excluding hydrogens is 212 g/mol. The summed E-state index contributed by atoms with van der Waals surface area (Å²) < 4.78 is 6.55. The fourth-order valence-corrected chi connectivity index (χ4v) is 9.11. The average molecular weight is 238 g/mol. The van der Waals surface area contributed by atoms with Gasteiger partial charge in [0.1, 0.15) is 0 Å². The lowest BCUT2D eigenvalue weighted by atomic mass is 10.3. The maximum Gasteiger partial charge on any atom is 0.0170 e. The first kappa shape index (κ1) is 12.7. The molecule has 0 aromatic rings. The van der Waals surface area contributed by atoms with Crippen molar-refractivity contribution < 1.29 is 0 Å². The van der Waals surface area contributed by atoms with E-state index in [4.69, 9.17) is 0 Å². The van der Waals surface area contributed by atoms with Gasteiger partial charge < -0.3 is 0 Å². The summed E-state index contributed by atoms with van der Waals surface area (Å²) >= 11 is 0. The Balaban J connectivity index is 2.64. The Morgan fingerprint density at radius 3 is 2.07 bits per heavy atom. The average Bonchev–Trinajstić information content (AvgIpc) is 2.29. The molecule has 1 atom stereocenters. The van der Waals surface area contributed by atoms with Crippen LogP contribution in [-0.2, 0) is 0 Å². The first-order valence-corrected chi connectivity index (χ1v) is 10.5. The normalized spacial score (nSPS) is 28.0. The van der Waals surface area contributed by atoms with Crippen LogP contribution in [0.25, 0.3) is 0 Å². The lowest BCUT2D eigenvalue weighted by Gasteiger charge is -2.49. The molecule has 1 saturated heterocycles. The standard InChI is InChI=1S/C10H26N2S2/c1-10-8-7-9-12(10)14(5,6)11-13(2,3)4/h10-11H,7-9H2,1-6H3. The summed E-state index contributed by atoms with van der Waals surface area (Å²) in [6.45, 7) is 3.65. The molecule has 2 nitrogen and oxygen atoms in total. The molecule has 0 amide bonds. The molecule has 1 N–H and O–H groups in total. The van der Waals surface area contributed by atoms with Gasteiger partial charge >= 0.3 is 0 Å². The highest BCUT2D eigenvalue weighted by Gasteiger charge is 2.31. The van der Waals surface area contributed by atoms with Crippen LogP contribution >= 0.6 is 20.6 Å². The highest BCUT2D eigenvalue weighted by Crippen LogP contribution is 2.52. The van der Waals surface area contributed by atoms with Gasteiger partial charge in [-0.05, 0) is 51.0 Å². The Hall–Kier alpha value is 0.620. The first-order valence-electron chi connectivity index (χ1n) is 5.19. The molecule has 1 fully saturated rings. The number of nitrogens with one attached hydrogen (secondary N) is 1. The van der Waals surface area contributed by atoms with Crippen molar-refractivity contribution in [3.8, 4) is 0 Å². The Morgan fingerprint density at radius 1 is 1.14 bits per heavy atom. The van der Waals surface area contributed by atoms with Gasteiger partial charge in [-0.1, -0.05) is 0 Å². The molecule has 0 saturated carbocycles. The number of hydrogen-bond donors (Lipinski definition) is 1. The van der Waals surface area contributed by atoms with E-state index in [0.717, 1.165) is 6.04 Å². The summed E-state index contributed by atoms with van der Waals surface area (Å²) in [5.74, 6) is 0. The van der Waals surface area contributed by atoms with E-state index >= 15 is 0 Å². The van der Waals surface area contributed by atoms with Gasteiger partial charge in [0, 0.05) is 12.6 Å². The minimum Gasteiger partial charge on any atom is -0.253 e. The largest absolute Gasteiger partial charge is 0.253 e. The first-order chi connectivity index (χ1) is 6.22. The number of rotatable bonds is 3. The molecule has 4 heteroatoms. The van der Waals surface area contributed by atoms with Crippen LogP contribution in [0.1, 0.15) is 19.8 Å². The lowest BCUT2D eigenvalue weighted by Crippen LogP contribution is -2.38. The zero-order chi connectivity index (χ0) is 11.0. The van der Waals surface area contributed by atoms with Crippen LogP contribution in [0.15, 0.2) is 0 Å². The van der Waals surface area contributed by atoms with Gasteiger partial charge in [-0.2, -0.15) is 10.2 Å². The van der Waals surface area contributed by atoms with E-state index in [1.54, 1.807) is 0 Å². The van der Waals surface area contributed by atoms with Crippen LogP contribution in [0.2, 0.25) is 0 Å². The number of hydrogen-bond acceptors (Lipinski definition) is 2. The maximum absolute atomic E-state index is 3.86. The van der Waals surface area contributed by atoms with Crippen molar-refractivity contribution >= 4 is 20.6 Å². The molecule has 14 heavy (non-hydrogen) atoms. The third-order valence-corrected chi connectivity index (χ3v) is 7.88. The van der Waals surface area contributed by atoms with Crippen molar-refractivity contribution in [2.24, 2.45) is 0 Å². The SMILES string of the molecule is CC1CCCN1S(C)(C)NS(C)(C)C. The molecule has 1 aliphatic rings. The second-order valence-corrected chi connectivity index (χ2v) is 12.7. The van der Waals surface area contributed by atoms with Crippen molar-refractivity contribution in [2.45, 2.75) is 25.8 Å². The summed E-state index contributed by atoms with van der Waals surface area (Å²) in [6.07, 6.45) is 14.5. The van der Waals surface area contributed by atoms with Gasteiger partial charge in [0.2, 0.25) is 0 Å². The monoisotopic (exact) mass is 238 g/mol. The van der Waals surface area contributed by atoms with Crippen molar-refractivity contribution in [3.05, 3.63) is 0 Å². The maximum atomic E-state index is 3.86. The van der Waals surface area contributed by atoms with E-state index in [-0.39, 0.29) is 0 Å². The van der Waals surface area contributed by atoms with E-state index < -0.39 is 20.6 Å². The predicted octanol–water partition coefficient (Wildman–Crippen LogP) is 2.56. The Bertz CT molecular complexity index is 199. The van der Waals surface area contributed by atoms with Crippen LogP contribution in [0, 0.1) is 0 Å². The zero-order valence-corrected chi connectivity index (χ0v) is 12.1. The highest BCUT2D eigenvalue weighted by molar-refractivity contribution is 8.43. The Morgan fingerprint density at radius 2 is 1.71 bits per heavy atom. The molecule has 1 aliphatic heterocycles. The Kier molecular flexibility index (Phi) is 3.84. The summed E-state index contributed by atoms with van der Waals surface area (Å²) in [6, 6.07) is 0.772. The molecule has 0 aliphatic carbocycles. The quantitative estimate of drug-likeness (QED) is 0.813. The van der Waals surface area contributed by atoms with Crippen LogP contribution in [-0.4, -0.2) is 48.2 Å². The van der Waals surface area contributed by atoms with E-state index in [1.165, 1.54) is 19.4 Å². The molecule has 88 valence electrons. The molecular formula is C10H26N2S2. The summed E-state index contributed by atoms with van der Waals surface area (Å²) in [4.78, 5) is 0. The zero-order valence-electron chi connectivity index (χ0n) is 10.5. The van der Waals surface area contributed by atoms with Crippen LogP contribution in [0.4, 0.5) is 0 Å². The predicted molar refractivity (Wildman–Crippen MR) is 73.3 cm³/mol. The molecule has 1 rings (SSSR count). The summed E-state index contributed by atoms with van der Waals surface area (Å²) in [5.41, 5.74) is 0. The van der Waals surface area contributed by atoms with E-state index in [0.29, 0.717) is 0 Å². The van der Waals surface area contributed by atoms with E-state index in [2.05, 4.69) is 46.6 Å². The molecule has 0 aromatic carbocycles. The second-order valence-electron chi connectivity index (χ2n) is 5.33. The van der Waals surface area contributed by atoms with E-state index in [9.17, 15) is 0 Å². The topological polar surface area (TPSA) is 15.3 Å². The molecule has 0 aromatic heterocycles. The molecule has 1 unspecified atom stereocenters. The fourth-order valence-electron chi connectivity index (χ4n) is 2.24. The highest BCUT2D eigenvalue weighted by atomic mass is 32.3. The fraction of sp³-hybridized carbons (Fsp3) is 1.00. The third kappa shape index (κ3) is 3.33. The molecule has 1 heterocycles. The van der Waals surface area contributed by atoms with Gasteiger partial charge in [-0.15, -0.1) is 10.4 Å². The second kappa shape index (κ2) is 4.24. The van der Waals surface area contributed by atoms with Gasteiger partial charge in [0.25, 0.3) is 0 Å². The van der Waals surface area contributed by atoms with Crippen molar-refractivity contribution in [2.75, 3.05) is 37.8 Å². The van der Waals surface area contributed by atoms with Gasteiger partial charge in [0.15, 0.2) is 0 Å². The lowest BCUT2D eigenvalue weighted by molar-refractivity contribution is 0.455. The summed E-state index contributed by atoms with van der Waals surface area (Å²) in [7, 11) is -1.34. The minimum absolute atomic E-state index is 0.597. The van der Waals surface area contributed by atoms with Gasteiger partial charge in [-0.3, -0.25) is 4.31 Å². The van der Waals surface area contributed by atoms with Crippen molar-refractivity contribution in [1.29, 1.82) is 0 Å². The van der Waals surface area contributed by atoms with E-state index in [1.807, 2.05) is 0 Å². The molecule has 0 bridgehead atoms. The van der Waals surface area contributed by atoms with Crippen molar-refractivity contribution in [1.82, 2.24) is 8.43 Å². The van der Waals surface area contributed by atoms with Gasteiger partial charge in [0.05, 0.1) is 0 Å². The molecule has 0 radical (unpaired) electrons. The summed E-state index contributed by atoms with van der Waals surface area (Å²) in [5, 5.41) is 0.